The van der Waals surface area contributed by atoms with Crippen LogP contribution in [0.5, 0.6) is 5.06 Å². The summed E-state index contributed by atoms with van der Waals surface area (Å²) in [4.78, 5) is 35.5. The van der Waals surface area contributed by atoms with Crippen molar-refractivity contribution in [3.63, 3.8) is 0 Å². The molecule has 0 radical (unpaired) electrons. The molecule has 0 saturated heterocycles. The van der Waals surface area contributed by atoms with Crippen molar-refractivity contribution in [3.05, 3.63) is 74.4 Å². The highest BCUT2D eigenvalue weighted by Crippen LogP contribution is 2.33. The van der Waals surface area contributed by atoms with Crippen molar-refractivity contribution >= 4 is 44.9 Å². The van der Waals surface area contributed by atoms with Gasteiger partial charge in [0.15, 0.2) is 5.06 Å². The van der Waals surface area contributed by atoms with E-state index in [1.807, 2.05) is 30.3 Å². The summed E-state index contributed by atoms with van der Waals surface area (Å²) in [6.07, 6.45) is 0.498. The van der Waals surface area contributed by atoms with E-state index in [-0.39, 0.29) is 5.39 Å². The van der Waals surface area contributed by atoms with Gasteiger partial charge in [-0.25, -0.2) is 0 Å². The lowest BCUT2D eigenvalue weighted by Gasteiger charge is -2.10. The largest absolute Gasteiger partial charge is 0.499 e. The number of rotatable bonds is 5. The predicted octanol–water partition coefficient (Wildman–Crippen LogP) is 3.03. The normalized spacial score (nSPS) is 10.7. The molecule has 3 N–H and O–H groups in total. The molecule has 1 heterocycles. The molecule has 3 aromatic rings. The van der Waals surface area contributed by atoms with E-state index in [0.29, 0.717) is 16.1 Å². The number of halogens is 1. The zero-order valence-electron chi connectivity index (χ0n) is 13.9. The molecular weight excluding hydrogens is 390 g/mol. The Labute approximate surface area is 162 Å². The van der Waals surface area contributed by atoms with Gasteiger partial charge in [-0.1, -0.05) is 53.3 Å². The zero-order chi connectivity index (χ0) is 19.6. The fourth-order valence-corrected chi connectivity index (χ4v) is 3.96. The van der Waals surface area contributed by atoms with Crippen LogP contribution < -0.4 is 10.7 Å². The minimum atomic E-state index is -1.26. The number of aliphatic carboxylic acids is 1. The van der Waals surface area contributed by atoms with E-state index >= 15 is 0 Å². The summed E-state index contributed by atoms with van der Waals surface area (Å²) in [7, 11) is 0. The number of carboxylic acids is 1. The third-order valence-electron chi connectivity index (χ3n) is 3.88. The van der Waals surface area contributed by atoms with Gasteiger partial charge in [0, 0.05) is 15.1 Å². The van der Waals surface area contributed by atoms with Crippen molar-refractivity contribution in [2.24, 2.45) is 0 Å². The summed E-state index contributed by atoms with van der Waals surface area (Å²) < 4.78 is 0.528. The average Bonchev–Trinajstić information content (AvgIpc) is 2.62. The van der Waals surface area contributed by atoms with Crippen LogP contribution in [-0.2, 0) is 11.2 Å². The molecule has 138 valence electrons. The molecule has 27 heavy (non-hydrogen) atoms. The SMILES string of the molecule is O=C(O)CNC(=O)c1c(O)sc2c(Cc3ccccc3)cc(Cl)cc2c1=O. The molecule has 0 unspecified atom stereocenters. The maximum atomic E-state index is 12.8. The Morgan fingerprint density at radius 3 is 2.52 bits per heavy atom. The number of hydrogen-bond acceptors (Lipinski definition) is 5. The smallest absolute Gasteiger partial charge is 0.322 e. The third-order valence-corrected chi connectivity index (χ3v) is 5.18. The lowest BCUT2D eigenvalue weighted by atomic mass is 10.0. The van der Waals surface area contributed by atoms with E-state index in [1.165, 1.54) is 6.07 Å². The van der Waals surface area contributed by atoms with E-state index in [0.717, 1.165) is 22.5 Å². The van der Waals surface area contributed by atoms with Gasteiger partial charge in [-0.05, 0) is 29.7 Å². The lowest BCUT2D eigenvalue weighted by Crippen LogP contribution is -2.32. The van der Waals surface area contributed by atoms with Gasteiger partial charge in [-0.15, -0.1) is 0 Å². The molecule has 3 rings (SSSR count). The van der Waals surface area contributed by atoms with Gasteiger partial charge in [0.25, 0.3) is 5.91 Å². The zero-order valence-corrected chi connectivity index (χ0v) is 15.4. The van der Waals surface area contributed by atoms with Gasteiger partial charge in [-0.3, -0.25) is 14.4 Å². The van der Waals surface area contributed by atoms with Crippen LogP contribution >= 0.6 is 22.9 Å². The van der Waals surface area contributed by atoms with Gasteiger partial charge >= 0.3 is 5.97 Å². The van der Waals surface area contributed by atoms with Crippen molar-refractivity contribution in [1.29, 1.82) is 0 Å². The second-order valence-electron chi connectivity index (χ2n) is 5.79. The van der Waals surface area contributed by atoms with Crippen molar-refractivity contribution < 1.29 is 19.8 Å². The molecule has 0 saturated carbocycles. The number of fused-ring (bicyclic) bond motifs is 1. The van der Waals surface area contributed by atoms with Crippen LogP contribution in [0.1, 0.15) is 21.5 Å². The maximum Gasteiger partial charge on any atom is 0.322 e. The van der Waals surface area contributed by atoms with Gasteiger partial charge in [0.1, 0.15) is 12.1 Å². The molecule has 8 heteroatoms. The number of carbonyl (C=O) groups is 2. The first-order valence-corrected chi connectivity index (χ1v) is 9.08. The van der Waals surface area contributed by atoms with Crippen LogP contribution in [0, 0.1) is 0 Å². The van der Waals surface area contributed by atoms with E-state index in [1.54, 1.807) is 6.07 Å². The van der Waals surface area contributed by atoms with Crippen LogP contribution in [0.25, 0.3) is 10.1 Å². The summed E-state index contributed by atoms with van der Waals surface area (Å²) in [6.45, 7) is -0.658. The Bertz CT molecular complexity index is 1090. The molecule has 0 atom stereocenters. The molecule has 6 nitrogen and oxygen atoms in total. The van der Waals surface area contributed by atoms with Crippen molar-refractivity contribution in [3.8, 4) is 5.06 Å². The first-order chi connectivity index (χ1) is 12.9. The van der Waals surface area contributed by atoms with Gasteiger partial charge in [0.2, 0.25) is 5.43 Å². The number of benzene rings is 2. The number of carbonyl (C=O) groups excluding carboxylic acids is 1. The topological polar surface area (TPSA) is 104 Å². The second-order valence-corrected chi connectivity index (χ2v) is 7.23. The summed E-state index contributed by atoms with van der Waals surface area (Å²) in [5.74, 6) is -2.20. The van der Waals surface area contributed by atoms with Crippen LogP contribution in [0.2, 0.25) is 5.02 Å². The lowest BCUT2D eigenvalue weighted by molar-refractivity contribution is -0.135. The molecule has 0 bridgehead atoms. The minimum absolute atomic E-state index is 0.205. The Hall–Kier alpha value is -2.90. The Kier molecular flexibility index (Phi) is 5.43. The van der Waals surface area contributed by atoms with Gasteiger partial charge in [-0.2, -0.15) is 0 Å². The van der Waals surface area contributed by atoms with Crippen LogP contribution in [-0.4, -0.2) is 28.6 Å². The molecular formula is C19H14ClNO5S. The first-order valence-electron chi connectivity index (χ1n) is 7.89. The summed E-state index contributed by atoms with van der Waals surface area (Å²) in [6, 6.07) is 12.7. The molecule has 1 aromatic heterocycles. The highest BCUT2D eigenvalue weighted by molar-refractivity contribution is 7.20. The summed E-state index contributed by atoms with van der Waals surface area (Å²) >= 11 is 7.05. The van der Waals surface area contributed by atoms with Crippen LogP contribution in [0.15, 0.2) is 47.3 Å². The highest BCUT2D eigenvalue weighted by Gasteiger charge is 2.21. The average molecular weight is 404 g/mol. The van der Waals surface area contributed by atoms with E-state index in [9.17, 15) is 19.5 Å². The first kappa shape index (κ1) is 18.9. The highest BCUT2D eigenvalue weighted by atomic mass is 35.5. The molecule has 0 aliphatic carbocycles. The number of amides is 1. The fourth-order valence-electron chi connectivity index (χ4n) is 2.71. The quantitative estimate of drug-likeness (QED) is 0.607. The third kappa shape index (κ3) is 4.10. The minimum Gasteiger partial charge on any atom is -0.499 e. The number of aromatic hydroxyl groups is 1. The number of nitrogens with one attached hydrogen (secondary N) is 1. The Balaban J connectivity index is 2.12. The van der Waals surface area contributed by atoms with Crippen molar-refractivity contribution in [1.82, 2.24) is 5.32 Å². The Morgan fingerprint density at radius 2 is 1.85 bits per heavy atom. The van der Waals surface area contributed by atoms with E-state index < -0.39 is 34.5 Å². The second kappa shape index (κ2) is 7.77. The molecule has 0 spiro atoms. The molecule has 0 fully saturated rings. The number of carboxylic acid groups (broad SMARTS) is 1. The van der Waals surface area contributed by atoms with Gasteiger partial charge < -0.3 is 15.5 Å². The molecule has 1 amide bonds. The van der Waals surface area contributed by atoms with Crippen LogP contribution in [0.3, 0.4) is 0 Å². The molecule has 0 aliphatic rings. The maximum absolute atomic E-state index is 12.8. The number of hydrogen-bond donors (Lipinski definition) is 3. The standard InChI is InChI=1S/C19H14ClNO5S/c20-12-7-11(6-10-4-2-1-3-5-10)17-13(8-12)16(24)15(19(26)27-17)18(25)21-9-14(22)23/h1-5,7-8,26H,6,9H2,(H,21,25)(H,22,23). The molecule has 2 aromatic carbocycles. The van der Waals surface area contributed by atoms with E-state index in [4.69, 9.17) is 16.7 Å². The monoisotopic (exact) mass is 403 g/mol. The Morgan fingerprint density at radius 1 is 1.15 bits per heavy atom. The summed E-state index contributed by atoms with van der Waals surface area (Å²) in [5.41, 5.74) is 0.574. The van der Waals surface area contributed by atoms with Gasteiger partial charge in [0.05, 0.1) is 0 Å². The van der Waals surface area contributed by atoms with Crippen LogP contribution in [0.4, 0.5) is 0 Å². The van der Waals surface area contributed by atoms with Crippen molar-refractivity contribution in [2.75, 3.05) is 6.54 Å². The predicted molar refractivity (Wildman–Crippen MR) is 104 cm³/mol. The van der Waals surface area contributed by atoms with E-state index in [2.05, 4.69) is 5.32 Å². The summed E-state index contributed by atoms with van der Waals surface area (Å²) in [5, 5.41) is 21.1. The fraction of sp³-hybridized carbons (Fsp3) is 0.105. The van der Waals surface area contributed by atoms with Crippen molar-refractivity contribution in [2.45, 2.75) is 6.42 Å². The molecule has 0 aliphatic heterocycles.